The van der Waals surface area contributed by atoms with Gasteiger partial charge in [0, 0.05) is 21.1 Å². The molecule has 1 heterocycles. The van der Waals surface area contributed by atoms with Gasteiger partial charge in [-0.3, -0.25) is 9.78 Å². The maximum atomic E-state index is 12.0. The largest absolute Gasteiger partial charge is 0.481 e. The highest BCUT2D eigenvalue weighted by atomic mass is 35.5. The van der Waals surface area contributed by atoms with Gasteiger partial charge < -0.3 is 5.11 Å². The van der Waals surface area contributed by atoms with Gasteiger partial charge in [-0.05, 0) is 60.4 Å². The van der Waals surface area contributed by atoms with Gasteiger partial charge >= 0.3 is 5.97 Å². The second kappa shape index (κ2) is 7.65. The summed E-state index contributed by atoms with van der Waals surface area (Å²) >= 11 is 12.3. The minimum Gasteiger partial charge on any atom is -0.481 e. The van der Waals surface area contributed by atoms with E-state index >= 15 is 0 Å². The van der Waals surface area contributed by atoms with E-state index in [1.807, 2.05) is 50.2 Å². The van der Waals surface area contributed by atoms with Crippen molar-refractivity contribution in [3.8, 4) is 11.1 Å². The fraction of sp³-hybridized carbons (Fsp3) is 0.238. The van der Waals surface area contributed by atoms with E-state index in [1.165, 1.54) is 0 Å². The van der Waals surface area contributed by atoms with Crippen LogP contribution in [0.5, 0.6) is 0 Å². The monoisotopic (exact) mass is 387 g/mol. The molecule has 0 aliphatic heterocycles. The summed E-state index contributed by atoms with van der Waals surface area (Å²) in [5, 5.41) is 11.9. The predicted molar refractivity (Wildman–Crippen MR) is 107 cm³/mol. The van der Waals surface area contributed by atoms with Gasteiger partial charge in [0.15, 0.2) is 0 Å². The summed E-state index contributed by atoms with van der Waals surface area (Å²) in [6.45, 7) is 3.85. The number of fused-ring (bicyclic) bond motifs is 1. The Kier molecular flexibility index (Phi) is 5.49. The van der Waals surface area contributed by atoms with Crippen LogP contribution in [-0.2, 0) is 4.79 Å². The van der Waals surface area contributed by atoms with Crippen LogP contribution in [0.2, 0.25) is 10.0 Å². The van der Waals surface area contributed by atoms with Gasteiger partial charge in [0.1, 0.15) is 0 Å². The number of rotatable bonds is 5. The lowest BCUT2D eigenvalue weighted by atomic mass is 9.85. The van der Waals surface area contributed by atoms with Crippen molar-refractivity contribution in [2.75, 3.05) is 0 Å². The van der Waals surface area contributed by atoms with Crippen LogP contribution >= 0.6 is 23.2 Å². The summed E-state index contributed by atoms with van der Waals surface area (Å²) in [6, 6.07) is 12.9. The standard InChI is InChI=1S/C21H19Cl2NO2/c1-3-4-16(21(25)26)19-12(2)24-18-10-9-15(23)11-17(18)20(19)13-5-7-14(22)8-6-13/h5-11,16H,3-4H2,1-2H3,(H,25,26). The Morgan fingerprint density at radius 3 is 2.38 bits per heavy atom. The van der Waals surface area contributed by atoms with Gasteiger partial charge in [0.2, 0.25) is 0 Å². The summed E-state index contributed by atoms with van der Waals surface area (Å²) in [7, 11) is 0. The lowest BCUT2D eigenvalue weighted by Crippen LogP contribution is -2.15. The molecule has 3 rings (SSSR count). The van der Waals surface area contributed by atoms with Crippen LogP contribution < -0.4 is 0 Å². The molecule has 0 bridgehead atoms. The molecule has 3 aromatic rings. The van der Waals surface area contributed by atoms with E-state index in [1.54, 1.807) is 6.07 Å². The number of halogens is 2. The highest BCUT2D eigenvalue weighted by Crippen LogP contribution is 2.40. The van der Waals surface area contributed by atoms with Gasteiger partial charge in [-0.15, -0.1) is 0 Å². The van der Waals surface area contributed by atoms with Crippen molar-refractivity contribution in [1.82, 2.24) is 4.98 Å². The molecule has 0 saturated heterocycles. The molecule has 0 aliphatic rings. The first-order chi connectivity index (χ1) is 12.4. The first-order valence-corrected chi connectivity index (χ1v) is 9.26. The van der Waals surface area contributed by atoms with Gasteiger partial charge in [-0.2, -0.15) is 0 Å². The van der Waals surface area contributed by atoms with Gasteiger partial charge in [-0.25, -0.2) is 0 Å². The number of nitrogens with zero attached hydrogens (tertiary/aromatic N) is 1. The SMILES string of the molecule is CCCC(C(=O)O)c1c(C)nc2ccc(Cl)cc2c1-c1ccc(Cl)cc1. The lowest BCUT2D eigenvalue weighted by Gasteiger charge is -2.21. The molecular formula is C21H19Cl2NO2. The molecule has 1 atom stereocenters. The van der Waals surface area contributed by atoms with Crippen LogP contribution in [0.3, 0.4) is 0 Å². The number of pyridine rings is 1. The Balaban J connectivity index is 2.42. The molecule has 1 unspecified atom stereocenters. The van der Waals surface area contributed by atoms with E-state index in [4.69, 9.17) is 23.2 Å². The predicted octanol–water partition coefficient (Wildman–Crippen LogP) is 6.49. The van der Waals surface area contributed by atoms with Crippen molar-refractivity contribution in [2.24, 2.45) is 0 Å². The summed E-state index contributed by atoms with van der Waals surface area (Å²) in [4.78, 5) is 16.7. The number of benzene rings is 2. The average Bonchev–Trinajstić information content (AvgIpc) is 2.60. The van der Waals surface area contributed by atoms with E-state index in [9.17, 15) is 9.90 Å². The highest BCUT2D eigenvalue weighted by molar-refractivity contribution is 6.31. The van der Waals surface area contributed by atoms with Crippen molar-refractivity contribution in [2.45, 2.75) is 32.6 Å². The van der Waals surface area contributed by atoms with Crippen LogP contribution in [-0.4, -0.2) is 16.1 Å². The Bertz CT molecular complexity index is 968. The molecule has 1 aromatic heterocycles. The third-order valence-corrected chi connectivity index (χ3v) is 5.02. The molecule has 0 amide bonds. The number of carboxylic acids is 1. The Morgan fingerprint density at radius 2 is 1.77 bits per heavy atom. The van der Waals surface area contributed by atoms with Crippen LogP contribution in [0.1, 0.15) is 36.9 Å². The third kappa shape index (κ3) is 3.55. The fourth-order valence-corrected chi connectivity index (χ4v) is 3.70. The third-order valence-electron chi connectivity index (χ3n) is 4.53. The molecule has 0 aliphatic carbocycles. The van der Waals surface area contributed by atoms with E-state index in [2.05, 4.69) is 4.98 Å². The summed E-state index contributed by atoms with van der Waals surface area (Å²) in [5.74, 6) is -1.46. The smallest absolute Gasteiger partial charge is 0.311 e. The number of carbonyl (C=O) groups is 1. The average molecular weight is 388 g/mol. The molecule has 1 N–H and O–H groups in total. The van der Waals surface area contributed by atoms with Crippen LogP contribution in [0.25, 0.3) is 22.0 Å². The molecule has 134 valence electrons. The van der Waals surface area contributed by atoms with Crippen molar-refractivity contribution < 1.29 is 9.90 Å². The molecule has 0 saturated carbocycles. The Hall–Kier alpha value is -2.10. The minimum absolute atomic E-state index is 0.546. The van der Waals surface area contributed by atoms with Crippen molar-refractivity contribution in [1.29, 1.82) is 0 Å². The van der Waals surface area contributed by atoms with Gasteiger partial charge in [0.25, 0.3) is 0 Å². The number of carboxylic acid groups (broad SMARTS) is 1. The molecule has 3 nitrogen and oxygen atoms in total. The maximum absolute atomic E-state index is 12.0. The highest BCUT2D eigenvalue weighted by Gasteiger charge is 2.27. The Morgan fingerprint density at radius 1 is 1.12 bits per heavy atom. The molecule has 5 heteroatoms. The molecule has 0 fully saturated rings. The molecule has 0 spiro atoms. The summed E-state index contributed by atoms with van der Waals surface area (Å²) < 4.78 is 0. The zero-order valence-corrected chi connectivity index (χ0v) is 16.1. The van der Waals surface area contributed by atoms with Crippen LogP contribution in [0.15, 0.2) is 42.5 Å². The normalized spacial score (nSPS) is 12.3. The van der Waals surface area contributed by atoms with E-state index in [0.29, 0.717) is 16.5 Å². The topological polar surface area (TPSA) is 50.2 Å². The number of aromatic nitrogens is 1. The fourth-order valence-electron chi connectivity index (χ4n) is 3.41. The first-order valence-electron chi connectivity index (χ1n) is 8.51. The van der Waals surface area contributed by atoms with Crippen LogP contribution in [0.4, 0.5) is 0 Å². The van der Waals surface area contributed by atoms with Crippen molar-refractivity contribution in [3.63, 3.8) is 0 Å². The number of aryl methyl sites for hydroxylation is 1. The van der Waals surface area contributed by atoms with Crippen molar-refractivity contribution in [3.05, 3.63) is 63.8 Å². The molecule has 0 radical (unpaired) electrons. The Labute approximate surface area is 162 Å². The van der Waals surface area contributed by atoms with E-state index < -0.39 is 11.9 Å². The number of aliphatic carboxylic acids is 1. The van der Waals surface area contributed by atoms with Crippen LogP contribution in [0, 0.1) is 6.92 Å². The number of hydrogen-bond acceptors (Lipinski definition) is 2. The lowest BCUT2D eigenvalue weighted by molar-refractivity contribution is -0.139. The second-order valence-corrected chi connectivity index (χ2v) is 7.21. The quantitative estimate of drug-likeness (QED) is 0.544. The summed E-state index contributed by atoms with van der Waals surface area (Å²) in [6.07, 6.45) is 1.31. The summed E-state index contributed by atoms with van der Waals surface area (Å²) in [5.41, 5.74) is 4.04. The maximum Gasteiger partial charge on any atom is 0.311 e. The zero-order chi connectivity index (χ0) is 18.8. The first kappa shape index (κ1) is 18.7. The minimum atomic E-state index is -0.839. The van der Waals surface area contributed by atoms with Crippen molar-refractivity contribution >= 4 is 40.1 Å². The van der Waals surface area contributed by atoms with Gasteiger partial charge in [-0.1, -0.05) is 48.7 Å². The van der Waals surface area contributed by atoms with E-state index in [0.717, 1.165) is 39.7 Å². The molecule has 2 aromatic carbocycles. The van der Waals surface area contributed by atoms with Gasteiger partial charge in [0.05, 0.1) is 11.4 Å². The zero-order valence-electron chi connectivity index (χ0n) is 14.6. The molecular weight excluding hydrogens is 369 g/mol. The van der Waals surface area contributed by atoms with E-state index in [-0.39, 0.29) is 0 Å². The second-order valence-electron chi connectivity index (χ2n) is 6.33. The number of hydrogen-bond donors (Lipinski definition) is 1. The molecule has 26 heavy (non-hydrogen) atoms.